The minimum atomic E-state index is 0. The number of nitrogens with one attached hydrogen (secondary N) is 2. The molecule has 3 heterocycles. The Morgan fingerprint density at radius 3 is 2.93 bits per heavy atom. The molecular weight excluding hydrogens is 457 g/mol. The van der Waals surface area contributed by atoms with Crippen LogP contribution in [0.3, 0.4) is 0 Å². The standard InChI is InChI=1S/C18H33N7O.HI/c1-4-8-24-9-7-14(11-24)10-20-18(19-2)21-15-5-6-17-22-16(13-26-3)23-25(17)12-15;/h14-15H,4-13H2,1-3H3,(H2,19,20,21);1H. The Morgan fingerprint density at radius 2 is 2.19 bits per heavy atom. The van der Waals surface area contributed by atoms with Gasteiger partial charge in [-0.25, -0.2) is 9.67 Å². The third kappa shape index (κ3) is 6.28. The summed E-state index contributed by atoms with van der Waals surface area (Å²) in [5, 5.41) is 11.6. The van der Waals surface area contributed by atoms with Crippen molar-refractivity contribution in [3.05, 3.63) is 11.6 Å². The van der Waals surface area contributed by atoms with Gasteiger partial charge in [-0.3, -0.25) is 4.99 Å². The maximum Gasteiger partial charge on any atom is 0.191 e. The number of aryl methyl sites for hydroxylation is 1. The van der Waals surface area contributed by atoms with Crippen LogP contribution in [0.4, 0.5) is 0 Å². The number of aromatic nitrogens is 3. The maximum absolute atomic E-state index is 5.13. The summed E-state index contributed by atoms with van der Waals surface area (Å²) in [5.74, 6) is 3.43. The SMILES string of the molecule is CCCN1CCC(CNC(=NC)NC2CCc3nc(COC)nn3C2)C1.I. The molecule has 1 aromatic rings. The molecule has 2 aliphatic heterocycles. The predicted molar refractivity (Wildman–Crippen MR) is 118 cm³/mol. The summed E-state index contributed by atoms with van der Waals surface area (Å²) in [6.45, 7) is 8.17. The molecule has 0 amide bonds. The van der Waals surface area contributed by atoms with Crippen molar-refractivity contribution >= 4 is 29.9 Å². The molecule has 2 unspecified atom stereocenters. The molecule has 27 heavy (non-hydrogen) atoms. The van der Waals surface area contributed by atoms with Crippen molar-refractivity contribution in [2.24, 2.45) is 10.9 Å². The first-order valence-corrected chi connectivity index (χ1v) is 9.82. The molecule has 0 bridgehead atoms. The fourth-order valence-corrected chi connectivity index (χ4v) is 3.90. The van der Waals surface area contributed by atoms with E-state index in [9.17, 15) is 0 Å². The van der Waals surface area contributed by atoms with Crippen LogP contribution in [0.15, 0.2) is 4.99 Å². The zero-order valence-corrected chi connectivity index (χ0v) is 19.1. The zero-order valence-electron chi connectivity index (χ0n) is 16.8. The first kappa shape index (κ1) is 22.4. The second-order valence-corrected chi connectivity index (χ2v) is 7.35. The average Bonchev–Trinajstić information content (AvgIpc) is 3.25. The Kier molecular flexibility index (Phi) is 9.24. The zero-order chi connectivity index (χ0) is 18.4. The van der Waals surface area contributed by atoms with Crippen LogP contribution in [0, 0.1) is 5.92 Å². The molecule has 8 nitrogen and oxygen atoms in total. The Bertz CT molecular complexity index is 607. The third-order valence-electron chi connectivity index (χ3n) is 5.21. The molecule has 154 valence electrons. The average molecular weight is 491 g/mol. The van der Waals surface area contributed by atoms with Gasteiger partial charge in [0.15, 0.2) is 11.8 Å². The first-order chi connectivity index (χ1) is 12.7. The Hall–Kier alpha value is -0.940. The van der Waals surface area contributed by atoms with Gasteiger partial charge in [0.1, 0.15) is 12.4 Å². The highest BCUT2D eigenvalue weighted by Crippen LogP contribution is 2.16. The van der Waals surface area contributed by atoms with E-state index in [4.69, 9.17) is 4.74 Å². The van der Waals surface area contributed by atoms with E-state index in [-0.39, 0.29) is 24.0 Å². The fourth-order valence-electron chi connectivity index (χ4n) is 3.90. The number of halogens is 1. The molecule has 3 rings (SSSR count). The van der Waals surface area contributed by atoms with Crippen LogP contribution in [0.2, 0.25) is 0 Å². The van der Waals surface area contributed by atoms with Crippen LogP contribution < -0.4 is 10.6 Å². The largest absolute Gasteiger partial charge is 0.377 e. The normalized spacial score (nSPS) is 23.0. The van der Waals surface area contributed by atoms with E-state index in [2.05, 4.69) is 37.5 Å². The van der Waals surface area contributed by atoms with Crippen molar-refractivity contribution < 1.29 is 4.74 Å². The van der Waals surface area contributed by atoms with Crippen LogP contribution in [-0.2, 0) is 24.3 Å². The Labute approximate surface area is 179 Å². The summed E-state index contributed by atoms with van der Waals surface area (Å²) in [7, 11) is 3.51. The van der Waals surface area contributed by atoms with Gasteiger partial charge in [-0.1, -0.05) is 6.92 Å². The van der Waals surface area contributed by atoms with Gasteiger partial charge in [-0.05, 0) is 38.3 Å². The second-order valence-electron chi connectivity index (χ2n) is 7.35. The van der Waals surface area contributed by atoms with Gasteiger partial charge in [0.05, 0.1) is 6.54 Å². The summed E-state index contributed by atoms with van der Waals surface area (Å²) < 4.78 is 7.13. The lowest BCUT2D eigenvalue weighted by Gasteiger charge is -2.26. The maximum atomic E-state index is 5.13. The summed E-state index contributed by atoms with van der Waals surface area (Å²) in [6, 6.07) is 0.325. The molecule has 0 radical (unpaired) electrons. The van der Waals surface area contributed by atoms with Crippen molar-refractivity contribution in [1.82, 2.24) is 30.3 Å². The fraction of sp³-hybridized carbons (Fsp3) is 0.833. The minimum absolute atomic E-state index is 0. The molecule has 2 atom stereocenters. The molecule has 0 aromatic carbocycles. The number of nitrogens with zero attached hydrogens (tertiary/aromatic N) is 5. The van der Waals surface area contributed by atoms with E-state index >= 15 is 0 Å². The minimum Gasteiger partial charge on any atom is -0.377 e. The van der Waals surface area contributed by atoms with Crippen LogP contribution >= 0.6 is 24.0 Å². The molecule has 2 aliphatic rings. The van der Waals surface area contributed by atoms with E-state index in [1.54, 1.807) is 7.11 Å². The summed E-state index contributed by atoms with van der Waals surface area (Å²) >= 11 is 0. The monoisotopic (exact) mass is 491 g/mol. The number of aliphatic imine (C=N–C) groups is 1. The number of hydrogen-bond donors (Lipinski definition) is 2. The van der Waals surface area contributed by atoms with Crippen LogP contribution in [0.5, 0.6) is 0 Å². The number of methoxy groups -OCH3 is 1. The molecule has 0 spiro atoms. The lowest BCUT2D eigenvalue weighted by Crippen LogP contribution is -2.48. The van der Waals surface area contributed by atoms with Gasteiger partial charge in [0.25, 0.3) is 0 Å². The van der Waals surface area contributed by atoms with Crippen LogP contribution in [0.25, 0.3) is 0 Å². The van der Waals surface area contributed by atoms with Gasteiger partial charge in [-0.15, -0.1) is 24.0 Å². The van der Waals surface area contributed by atoms with E-state index < -0.39 is 0 Å². The first-order valence-electron chi connectivity index (χ1n) is 9.82. The summed E-state index contributed by atoms with van der Waals surface area (Å²) in [4.78, 5) is 11.5. The molecule has 0 aliphatic carbocycles. The Morgan fingerprint density at radius 1 is 1.33 bits per heavy atom. The highest BCUT2D eigenvalue weighted by Gasteiger charge is 2.24. The molecule has 2 N–H and O–H groups in total. The Balaban J connectivity index is 0.00000261. The van der Waals surface area contributed by atoms with Crippen molar-refractivity contribution in [3.63, 3.8) is 0 Å². The smallest absolute Gasteiger partial charge is 0.191 e. The third-order valence-corrected chi connectivity index (χ3v) is 5.21. The number of ether oxygens (including phenoxy) is 1. The number of fused-ring (bicyclic) bond motifs is 1. The molecule has 1 aromatic heterocycles. The van der Waals surface area contributed by atoms with Gasteiger partial charge >= 0.3 is 0 Å². The van der Waals surface area contributed by atoms with E-state index in [1.165, 1.54) is 32.5 Å². The van der Waals surface area contributed by atoms with E-state index in [1.807, 2.05) is 11.7 Å². The van der Waals surface area contributed by atoms with Crippen molar-refractivity contribution in [3.8, 4) is 0 Å². The molecule has 9 heteroatoms. The van der Waals surface area contributed by atoms with Gasteiger partial charge in [-0.2, -0.15) is 5.10 Å². The van der Waals surface area contributed by atoms with E-state index in [0.29, 0.717) is 18.6 Å². The van der Waals surface area contributed by atoms with Gasteiger partial charge in [0, 0.05) is 39.7 Å². The highest BCUT2D eigenvalue weighted by atomic mass is 127. The van der Waals surface area contributed by atoms with Gasteiger partial charge in [0.2, 0.25) is 0 Å². The topological polar surface area (TPSA) is 79.6 Å². The molecule has 1 fully saturated rings. The van der Waals surface area contributed by atoms with Crippen LogP contribution in [-0.4, -0.2) is 72.0 Å². The highest BCUT2D eigenvalue weighted by molar-refractivity contribution is 14.0. The summed E-state index contributed by atoms with van der Waals surface area (Å²) in [6.07, 6.45) is 4.49. The van der Waals surface area contributed by atoms with E-state index in [0.717, 1.165) is 43.5 Å². The number of likely N-dealkylation sites (tertiary alicyclic amines) is 1. The summed E-state index contributed by atoms with van der Waals surface area (Å²) in [5.41, 5.74) is 0. The van der Waals surface area contributed by atoms with Crippen molar-refractivity contribution in [1.29, 1.82) is 0 Å². The van der Waals surface area contributed by atoms with Crippen LogP contribution in [0.1, 0.15) is 37.8 Å². The van der Waals surface area contributed by atoms with Gasteiger partial charge < -0.3 is 20.3 Å². The predicted octanol–water partition coefficient (Wildman–Crippen LogP) is 1.25. The lowest BCUT2D eigenvalue weighted by molar-refractivity contribution is 0.177. The van der Waals surface area contributed by atoms with Crippen molar-refractivity contribution in [2.45, 2.75) is 51.8 Å². The quantitative estimate of drug-likeness (QED) is 0.340. The number of rotatable bonds is 7. The second kappa shape index (κ2) is 11.2. The molecule has 1 saturated heterocycles. The van der Waals surface area contributed by atoms with Crippen molar-refractivity contribution in [2.75, 3.05) is 40.3 Å². The molecular formula is C18H34IN7O. The number of guanidine groups is 1. The molecule has 0 saturated carbocycles. The number of hydrogen-bond acceptors (Lipinski definition) is 5. The lowest BCUT2D eigenvalue weighted by atomic mass is 10.1.